The topological polar surface area (TPSA) is 64.3 Å². The van der Waals surface area contributed by atoms with Gasteiger partial charge < -0.3 is 23.1 Å². The predicted molar refractivity (Wildman–Crippen MR) is 130 cm³/mol. The second kappa shape index (κ2) is 24.9. The van der Waals surface area contributed by atoms with Gasteiger partial charge in [-0.15, -0.1) is 37.3 Å². The van der Waals surface area contributed by atoms with Gasteiger partial charge in [-0.25, -0.2) is 5.57 Å². The Morgan fingerprint density at radius 2 is 1.30 bits per heavy atom. The first kappa shape index (κ1) is 46.2. The zero-order valence-corrected chi connectivity index (χ0v) is 24.8. The van der Waals surface area contributed by atoms with Crippen LogP contribution in [0.5, 0.6) is 0 Å². The Morgan fingerprint density at radius 3 is 1.33 bits per heavy atom. The summed E-state index contributed by atoms with van der Waals surface area (Å²) in [4.78, 5) is 8.66. The van der Waals surface area contributed by atoms with Gasteiger partial charge in [0.2, 0.25) is 0 Å². The molecule has 0 aromatic carbocycles. The Balaban J connectivity index is -0.0000000395. The molecule has 0 aromatic rings. The summed E-state index contributed by atoms with van der Waals surface area (Å²) in [6, 6.07) is 0. The summed E-state index contributed by atoms with van der Waals surface area (Å²) >= 11 is 1.30. The molecule has 0 amide bonds. The first-order chi connectivity index (χ1) is 10.5. The maximum atomic E-state index is 8.66. The van der Waals surface area contributed by atoms with Crippen LogP contribution in [-0.2, 0) is 24.2 Å². The zero-order valence-electron chi connectivity index (χ0n) is 19.7. The average Bonchev–Trinajstić information content (AvgIpc) is 2.56. The van der Waals surface area contributed by atoms with E-state index in [2.05, 4.69) is 38.0 Å². The van der Waals surface area contributed by atoms with Crippen LogP contribution in [0.3, 0.4) is 0 Å². The number of nitrogens with one attached hydrogen (secondary N) is 1. The summed E-state index contributed by atoms with van der Waals surface area (Å²) in [6.07, 6.45) is 3.36. The molecule has 27 heavy (non-hydrogen) atoms. The number of hydrogen-bond donors (Lipinski definition) is 2. The van der Waals surface area contributed by atoms with Crippen LogP contribution in [0.1, 0.15) is 55.4 Å². The van der Waals surface area contributed by atoms with Gasteiger partial charge in [-0.05, 0) is 26.6 Å². The quantitative estimate of drug-likeness (QED) is 0.277. The van der Waals surface area contributed by atoms with Gasteiger partial charge in [0, 0.05) is 6.61 Å². The first-order valence-corrected chi connectivity index (χ1v) is 13.4. The van der Waals surface area contributed by atoms with E-state index in [1.807, 2.05) is 40.4 Å². The second-order valence-corrected chi connectivity index (χ2v) is 11.9. The summed E-state index contributed by atoms with van der Waals surface area (Å²) in [5.41, 5.74) is 10.9. The summed E-state index contributed by atoms with van der Waals surface area (Å²) in [6.45, 7) is 21.8. The van der Waals surface area contributed by atoms with Crippen LogP contribution >= 0.6 is 24.8 Å². The molecular weight excluding hydrogens is 476 g/mol. The Hall–Kier alpha value is 0.910. The molecule has 0 spiro atoms. The van der Waals surface area contributed by atoms with Gasteiger partial charge in [-0.2, -0.15) is 11.1 Å². The fourth-order valence-corrected chi connectivity index (χ4v) is 1.16. The molecule has 0 bridgehead atoms. The summed E-state index contributed by atoms with van der Waals surface area (Å²) in [7, 11) is -1.61. The van der Waals surface area contributed by atoms with E-state index in [-0.39, 0.29) is 44.4 Å². The molecule has 1 atom stereocenters. The minimum Gasteiger partial charge on any atom is -0.358 e. The van der Waals surface area contributed by atoms with Crippen molar-refractivity contribution in [1.29, 1.82) is 0 Å². The normalized spacial score (nSPS) is 14.3. The van der Waals surface area contributed by atoms with Crippen molar-refractivity contribution >= 4 is 37.3 Å². The van der Waals surface area contributed by atoms with Crippen molar-refractivity contribution in [1.82, 2.24) is 0 Å². The monoisotopic (exact) mass is 520 g/mol. The number of aliphatic hydroxyl groups excluding tert-OH is 1. The molecular formula is C20H46Cl2NO2SiZr-3. The van der Waals surface area contributed by atoms with Crippen molar-refractivity contribution in [3.05, 3.63) is 36.0 Å². The number of halogens is 2. The van der Waals surface area contributed by atoms with E-state index in [1.54, 1.807) is 6.92 Å². The predicted octanol–water partition coefficient (Wildman–Crippen LogP) is 6.63. The Kier molecular flexibility index (Phi) is 42.7. The summed E-state index contributed by atoms with van der Waals surface area (Å²) in [5.74, 6) is 0.560. The maximum Gasteiger partial charge on any atom is -0.358 e. The maximum absolute atomic E-state index is 8.66. The largest absolute Gasteiger partial charge is 0.358 e. The molecule has 3 N–H and O–H groups in total. The minimum absolute atomic E-state index is 0. The van der Waals surface area contributed by atoms with E-state index in [0.717, 1.165) is 0 Å². The third-order valence-corrected chi connectivity index (χ3v) is 2.24. The Morgan fingerprint density at radius 1 is 1.11 bits per heavy atom. The molecule has 3 nitrogen and oxygen atoms in total. The zero-order chi connectivity index (χ0) is 20.7. The molecule has 1 unspecified atom stereocenters. The van der Waals surface area contributed by atoms with Crippen molar-refractivity contribution in [2.45, 2.75) is 80.6 Å². The average molecular weight is 523 g/mol. The van der Waals surface area contributed by atoms with Crippen molar-refractivity contribution in [2.24, 2.45) is 5.92 Å². The summed E-state index contributed by atoms with van der Waals surface area (Å²) < 4.78 is 3.34. The van der Waals surface area contributed by atoms with Crippen LogP contribution in [0.4, 0.5) is 0 Å². The van der Waals surface area contributed by atoms with Crippen molar-refractivity contribution in [3.8, 4) is 0 Å². The molecule has 0 saturated carbocycles. The van der Waals surface area contributed by atoms with Crippen LogP contribution in [0.15, 0.2) is 16.7 Å². The standard InChI is InChI=1S/C9H13.C4H10N.C3H10OSi.C2H6O.CH3.CH2.2ClH.Zr/c1-6-5-7(2)9(4)8(6)3;1-4(2,3)5;1-5(2,3)4;1-2-3;;;;;/h6H,1-4H3;5H,1-3H3;4H,1-3H3;3H,2H2,1H3;1H3;1H2;2*1H;/q2*-1;;;-1;;;;. The van der Waals surface area contributed by atoms with Gasteiger partial charge in [-0.3, -0.25) is 6.08 Å². The first-order valence-electron chi connectivity index (χ1n) is 8.26. The van der Waals surface area contributed by atoms with Crippen molar-refractivity contribution in [2.75, 3.05) is 6.61 Å². The van der Waals surface area contributed by atoms with E-state index >= 15 is 0 Å². The fourth-order valence-electron chi connectivity index (χ4n) is 1.16. The van der Waals surface area contributed by atoms with E-state index in [0.29, 0.717) is 5.92 Å². The SMILES string of the molecule is CC(C)(C)[NH-].CC1=[C-]C(C)C(C)=C1C.CCO.C[Si](C)(C)O.Cl.Cl.[CH2]=[Zr].[CH3-]. The fraction of sp³-hybridized carbons (Fsp3) is 0.700. The third kappa shape index (κ3) is 58.4. The molecule has 168 valence electrons. The van der Waals surface area contributed by atoms with E-state index in [1.165, 1.54) is 41.0 Å². The molecule has 0 heterocycles. The van der Waals surface area contributed by atoms with Gasteiger partial charge >= 0.3 is 28.4 Å². The molecule has 1 rings (SSSR count). The molecule has 0 saturated heterocycles. The van der Waals surface area contributed by atoms with Gasteiger partial charge in [0.25, 0.3) is 0 Å². The van der Waals surface area contributed by atoms with Gasteiger partial charge in [-0.1, -0.05) is 47.5 Å². The van der Waals surface area contributed by atoms with Crippen LogP contribution < -0.4 is 0 Å². The number of aliphatic hydroxyl groups is 1. The van der Waals surface area contributed by atoms with Crippen molar-refractivity contribution < 1.29 is 34.1 Å². The van der Waals surface area contributed by atoms with Gasteiger partial charge in [0.15, 0.2) is 8.32 Å². The number of hydrogen-bond acceptors (Lipinski definition) is 2. The summed E-state index contributed by atoms with van der Waals surface area (Å²) in [5, 5.41) is 7.57. The molecule has 7 heteroatoms. The third-order valence-electron chi connectivity index (χ3n) is 2.24. The second-order valence-electron chi connectivity index (χ2n) is 7.54. The molecule has 1 aliphatic rings. The molecule has 0 radical (unpaired) electrons. The van der Waals surface area contributed by atoms with Crippen molar-refractivity contribution in [3.63, 3.8) is 0 Å². The Labute approximate surface area is 199 Å². The Bertz CT molecular complexity index is 353. The number of allylic oxidation sites excluding steroid dienone is 4. The van der Waals surface area contributed by atoms with Crippen LogP contribution in [0.25, 0.3) is 5.73 Å². The molecule has 0 aromatic heterocycles. The van der Waals surface area contributed by atoms with Gasteiger partial charge in [0.1, 0.15) is 0 Å². The molecule has 1 aliphatic carbocycles. The molecule has 0 fully saturated rings. The minimum atomic E-state index is -1.61. The molecule has 0 aliphatic heterocycles. The number of rotatable bonds is 0. The smallest absolute Gasteiger partial charge is 0.358 e. The van der Waals surface area contributed by atoms with Gasteiger partial charge in [0.05, 0.1) is 0 Å². The van der Waals surface area contributed by atoms with E-state index in [4.69, 9.17) is 15.6 Å². The van der Waals surface area contributed by atoms with E-state index < -0.39 is 8.32 Å². The van der Waals surface area contributed by atoms with E-state index in [9.17, 15) is 0 Å². The van der Waals surface area contributed by atoms with Crippen LogP contribution in [0.2, 0.25) is 19.6 Å². The van der Waals surface area contributed by atoms with Crippen LogP contribution in [-0.4, -0.2) is 34.6 Å². The van der Waals surface area contributed by atoms with Crippen LogP contribution in [0, 0.1) is 19.4 Å².